The molecule has 1 aromatic carbocycles. The number of morpholine rings is 1. The Morgan fingerprint density at radius 2 is 2.18 bits per heavy atom. The zero-order chi connectivity index (χ0) is 15.1. The molecule has 6 heteroatoms. The van der Waals surface area contributed by atoms with Crippen LogP contribution in [0, 0.1) is 11.8 Å². The third-order valence-electron chi connectivity index (χ3n) is 4.37. The van der Waals surface area contributed by atoms with E-state index >= 15 is 0 Å². The number of thiazole rings is 1. The van der Waals surface area contributed by atoms with Crippen LogP contribution in [-0.4, -0.2) is 37.2 Å². The number of nitrogens with zero attached hydrogens (tertiary/aromatic N) is 2. The van der Waals surface area contributed by atoms with E-state index in [1.54, 1.807) is 11.3 Å². The number of benzene rings is 1. The summed E-state index contributed by atoms with van der Waals surface area (Å²) >= 11 is 1.68. The molecule has 1 saturated carbocycles. The number of hydrogen-bond acceptors (Lipinski definition) is 5. The molecule has 2 aliphatic rings. The van der Waals surface area contributed by atoms with Gasteiger partial charge >= 0.3 is 0 Å². The number of rotatable bonds is 3. The first-order chi connectivity index (χ1) is 10.7. The maximum atomic E-state index is 12.0. The van der Waals surface area contributed by atoms with Crippen LogP contribution in [-0.2, 0) is 9.53 Å². The Balaban J connectivity index is 1.54. The molecule has 2 aromatic rings. The molecule has 5 nitrogen and oxygen atoms in total. The van der Waals surface area contributed by atoms with E-state index in [0.717, 1.165) is 53.8 Å². The number of amides is 1. The van der Waals surface area contributed by atoms with Crippen molar-refractivity contribution in [2.45, 2.75) is 13.3 Å². The summed E-state index contributed by atoms with van der Waals surface area (Å²) in [5.74, 6) is 0.867. The van der Waals surface area contributed by atoms with Crippen molar-refractivity contribution in [1.29, 1.82) is 0 Å². The zero-order valence-electron chi connectivity index (χ0n) is 12.5. The Morgan fingerprint density at radius 1 is 1.41 bits per heavy atom. The predicted octanol–water partition coefficient (Wildman–Crippen LogP) is 2.73. The first-order valence-corrected chi connectivity index (χ1v) is 8.56. The van der Waals surface area contributed by atoms with E-state index in [9.17, 15) is 4.79 Å². The molecule has 0 radical (unpaired) electrons. The monoisotopic (exact) mass is 317 g/mol. The van der Waals surface area contributed by atoms with Crippen molar-refractivity contribution >= 4 is 38.3 Å². The van der Waals surface area contributed by atoms with Gasteiger partial charge < -0.3 is 15.0 Å². The summed E-state index contributed by atoms with van der Waals surface area (Å²) in [7, 11) is 0. The molecule has 116 valence electrons. The van der Waals surface area contributed by atoms with Gasteiger partial charge in [0, 0.05) is 24.7 Å². The lowest BCUT2D eigenvalue weighted by atomic mass is 10.2. The summed E-state index contributed by atoms with van der Waals surface area (Å²) in [6.07, 6.45) is 1.01. The predicted molar refractivity (Wildman–Crippen MR) is 88.6 cm³/mol. The minimum absolute atomic E-state index is 0.143. The number of aromatic nitrogens is 1. The third kappa shape index (κ3) is 2.68. The van der Waals surface area contributed by atoms with Crippen molar-refractivity contribution in [3.05, 3.63) is 18.2 Å². The van der Waals surface area contributed by atoms with E-state index in [1.807, 2.05) is 18.2 Å². The van der Waals surface area contributed by atoms with Crippen molar-refractivity contribution in [2.75, 3.05) is 36.5 Å². The third-order valence-corrected chi connectivity index (χ3v) is 5.45. The summed E-state index contributed by atoms with van der Waals surface area (Å²) in [6.45, 7) is 5.42. The van der Waals surface area contributed by atoms with Crippen molar-refractivity contribution in [2.24, 2.45) is 11.8 Å². The largest absolute Gasteiger partial charge is 0.378 e. The van der Waals surface area contributed by atoms with Crippen LogP contribution in [0.25, 0.3) is 10.2 Å². The van der Waals surface area contributed by atoms with Crippen LogP contribution in [0.2, 0.25) is 0 Å². The van der Waals surface area contributed by atoms with Gasteiger partial charge in [-0.1, -0.05) is 18.3 Å². The maximum absolute atomic E-state index is 12.0. The highest BCUT2D eigenvalue weighted by atomic mass is 32.1. The highest BCUT2D eigenvalue weighted by molar-refractivity contribution is 7.22. The quantitative estimate of drug-likeness (QED) is 0.946. The topological polar surface area (TPSA) is 54.5 Å². The molecule has 22 heavy (non-hydrogen) atoms. The van der Waals surface area contributed by atoms with Gasteiger partial charge in [-0.15, -0.1) is 0 Å². The van der Waals surface area contributed by atoms with Crippen LogP contribution in [0.3, 0.4) is 0 Å². The van der Waals surface area contributed by atoms with Gasteiger partial charge in [-0.2, -0.15) is 0 Å². The van der Waals surface area contributed by atoms with Gasteiger partial charge in [0.05, 0.1) is 23.4 Å². The molecule has 0 bridgehead atoms. The van der Waals surface area contributed by atoms with Gasteiger partial charge in [0.15, 0.2) is 5.13 Å². The van der Waals surface area contributed by atoms with Gasteiger partial charge in [0.25, 0.3) is 0 Å². The molecule has 2 unspecified atom stereocenters. The van der Waals surface area contributed by atoms with Crippen molar-refractivity contribution < 1.29 is 9.53 Å². The van der Waals surface area contributed by atoms with Gasteiger partial charge in [0.1, 0.15) is 0 Å². The highest BCUT2D eigenvalue weighted by Crippen LogP contribution is 2.39. The van der Waals surface area contributed by atoms with E-state index in [0.29, 0.717) is 5.92 Å². The average Bonchev–Trinajstić information content (AvgIpc) is 3.12. The summed E-state index contributed by atoms with van der Waals surface area (Å²) in [4.78, 5) is 19.0. The molecule has 2 fully saturated rings. The Kier molecular flexibility index (Phi) is 3.50. The fraction of sp³-hybridized carbons (Fsp3) is 0.500. The Labute approximate surface area is 133 Å². The van der Waals surface area contributed by atoms with Gasteiger partial charge in [-0.05, 0) is 30.5 Å². The Morgan fingerprint density at radius 3 is 2.91 bits per heavy atom. The van der Waals surface area contributed by atoms with Crippen molar-refractivity contribution in [1.82, 2.24) is 4.98 Å². The standard InChI is InChI=1S/C16H19N3O2S/c1-10-8-12(10)15(20)17-11-2-3-13-14(9-11)22-16(18-13)19-4-6-21-7-5-19/h2-3,9-10,12H,4-8H2,1H3,(H,17,20). The summed E-state index contributed by atoms with van der Waals surface area (Å²) in [5.41, 5.74) is 1.86. The lowest BCUT2D eigenvalue weighted by Crippen LogP contribution is -2.36. The summed E-state index contributed by atoms with van der Waals surface area (Å²) < 4.78 is 6.50. The van der Waals surface area contributed by atoms with E-state index in [1.165, 1.54) is 0 Å². The normalized spacial score (nSPS) is 24.5. The number of anilines is 2. The molecule has 2 heterocycles. The van der Waals surface area contributed by atoms with E-state index in [-0.39, 0.29) is 11.8 Å². The molecule has 2 atom stereocenters. The lowest BCUT2D eigenvalue weighted by molar-refractivity contribution is -0.117. The molecule has 1 aromatic heterocycles. The molecule has 1 aliphatic carbocycles. The molecule has 1 N–H and O–H groups in total. The number of carbonyl (C=O) groups is 1. The average molecular weight is 317 g/mol. The number of hydrogen-bond donors (Lipinski definition) is 1. The minimum Gasteiger partial charge on any atom is -0.378 e. The summed E-state index contributed by atoms with van der Waals surface area (Å²) in [6, 6.07) is 5.96. The van der Waals surface area contributed by atoms with Crippen LogP contribution in [0.4, 0.5) is 10.8 Å². The van der Waals surface area contributed by atoms with Crippen LogP contribution in [0.5, 0.6) is 0 Å². The van der Waals surface area contributed by atoms with Crippen LogP contribution >= 0.6 is 11.3 Å². The maximum Gasteiger partial charge on any atom is 0.227 e. The van der Waals surface area contributed by atoms with Gasteiger partial charge in [0.2, 0.25) is 5.91 Å². The second-order valence-electron chi connectivity index (χ2n) is 6.09. The summed E-state index contributed by atoms with van der Waals surface area (Å²) in [5, 5.41) is 4.06. The molecule has 1 aliphatic heterocycles. The number of carbonyl (C=O) groups excluding carboxylic acids is 1. The molecular weight excluding hydrogens is 298 g/mol. The zero-order valence-corrected chi connectivity index (χ0v) is 13.4. The van der Waals surface area contributed by atoms with Crippen LogP contribution in [0.15, 0.2) is 18.2 Å². The fourth-order valence-electron chi connectivity index (χ4n) is 2.80. The molecule has 0 spiro atoms. The molecule has 4 rings (SSSR count). The van der Waals surface area contributed by atoms with Crippen molar-refractivity contribution in [3.8, 4) is 0 Å². The number of ether oxygens (including phenoxy) is 1. The number of nitrogens with one attached hydrogen (secondary N) is 1. The second-order valence-corrected chi connectivity index (χ2v) is 7.10. The molecule has 1 saturated heterocycles. The van der Waals surface area contributed by atoms with E-state index in [4.69, 9.17) is 9.72 Å². The minimum atomic E-state index is 0.143. The van der Waals surface area contributed by atoms with Gasteiger partial charge in [-0.25, -0.2) is 4.98 Å². The Hall–Kier alpha value is -1.66. The van der Waals surface area contributed by atoms with E-state index < -0.39 is 0 Å². The number of fused-ring (bicyclic) bond motifs is 1. The molecular formula is C16H19N3O2S. The first kappa shape index (κ1) is 14.0. The van der Waals surface area contributed by atoms with E-state index in [2.05, 4.69) is 17.1 Å². The second kappa shape index (κ2) is 5.52. The highest BCUT2D eigenvalue weighted by Gasteiger charge is 2.39. The van der Waals surface area contributed by atoms with Crippen LogP contribution in [0.1, 0.15) is 13.3 Å². The SMILES string of the molecule is CC1CC1C(=O)Nc1ccc2nc(N3CCOCC3)sc2c1. The Bertz CT molecular complexity index is 708. The van der Waals surface area contributed by atoms with Crippen LogP contribution < -0.4 is 10.2 Å². The smallest absolute Gasteiger partial charge is 0.227 e. The van der Waals surface area contributed by atoms with Gasteiger partial charge in [-0.3, -0.25) is 4.79 Å². The van der Waals surface area contributed by atoms with Crippen molar-refractivity contribution in [3.63, 3.8) is 0 Å². The molecule has 1 amide bonds. The lowest BCUT2D eigenvalue weighted by Gasteiger charge is -2.25. The fourth-order valence-corrected chi connectivity index (χ4v) is 3.86. The first-order valence-electron chi connectivity index (χ1n) is 7.75.